The van der Waals surface area contributed by atoms with Crippen molar-refractivity contribution in [3.05, 3.63) is 65.5 Å². The summed E-state index contributed by atoms with van der Waals surface area (Å²) in [6.07, 6.45) is 0.850. The number of para-hydroxylation sites is 1. The third-order valence-corrected chi connectivity index (χ3v) is 6.28. The molecule has 4 rings (SSSR count). The van der Waals surface area contributed by atoms with E-state index >= 15 is 0 Å². The van der Waals surface area contributed by atoms with Crippen molar-refractivity contribution in [2.24, 2.45) is 0 Å². The van der Waals surface area contributed by atoms with Gasteiger partial charge in [0.2, 0.25) is 11.1 Å². The zero-order chi connectivity index (χ0) is 21.1. The first-order valence-electron chi connectivity index (χ1n) is 10.1. The third kappa shape index (κ3) is 4.00. The standard InChI is InChI=1S/C22H25N5O2S/c1-4-15-8-6-7-9-18(15)23-21(28)20-19(16-10-12-17(13-11-16)29-5-2)26-27-14(3)24-25-22(27)30-20/h6-13,19-20,26H,4-5H2,1-3H3,(H,23,28)/t19-,20-/m1/s1. The number of fused-ring (bicyclic) bond motifs is 1. The van der Waals surface area contributed by atoms with Gasteiger partial charge in [0.25, 0.3) is 0 Å². The molecule has 0 saturated carbocycles. The molecule has 2 heterocycles. The van der Waals surface area contributed by atoms with E-state index in [0.29, 0.717) is 11.8 Å². The molecule has 156 valence electrons. The molecule has 7 nitrogen and oxygen atoms in total. The van der Waals surface area contributed by atoms with Crippen molar-refractivity contribution in [1.82, 2.24) is 14.9 Å². The fourth-order valence-electron chi connectivity index (χ4n) is 3.50. The summed E-state index contributed by atoms with van der Waals surface area (Å²) in [4.78, 5) is 13.4. The van der Waals surface area contributed by atoms with Gasteiger partial charge < -0.3 is 15.5 Å². The van der Waals surface area contributed by atoms with E-state index in [1.807, 2.05) is 67.1 Å². The molecule has 0 bridgehead atoms. The van der Waals surface area contributed by atoms with Crippen molar-refractivity contribution in [3.63, 3.8) is 0 Å². The lowest BCUT2D eigenvalue weighted by molar-refractivity contribution is -0.116. The number of hydrogen-bond acceptors (Lipinski definition) is 6. The number of rotatable bonds is 6. The van der Waals surface area contributed by atoms with Gasteiger partial charge in [-0.05, 0) is 49.6 Å². The Morgan fingerprint density at radius 1 is 1.17 bits per heavy atom. The Hall–Kier alpha value is -3.00. The molecule has 2 N–H and O–H groups in total. The number of benzene rings is 2. The Kier molecular flexibility index (Phi) is 5.94. The molecule has 3 aromatic rings. The van der Waals surface area contributed by atoms with Crippen molar-refractivity contribution in [1.29, 1.82) is 0 Å². The lowest BCUT2D eigenvalue weighted by Crippen LogP contribution is -2.41. The molecule has 0 spiro atoms. The first-order chi connectivity index (χ1) is 14.6. The van der Waals surface area contributed by atoms with E-state index in [9.17, 15) is 4.79 Å². The lowest BCUT2D eigenvalue weighted by Gasteiger charge is -2.33. The molecule has 1 aromatic heterocycles. The quantitative estimate of drug-likeness (QED) is 0.625. The molecular formula is C22H25N5O2S. The molecule has 0 saturated heterocycles. The van der Waals surface area contributed by atoms with Gasteiger partial charge in [-0.2, -0.15) is 0 Å². The van der Waals surface area contributed by atoms with Crippen LogP contribution in [0.3, 0.4) is 0 Å². The third-order valence-electron chi connectivity index (χ3n) is 5.06. The number of nitrogens with zero attached hydrogens (tertiary/aromatic N) is 3. The highest BCUT2D eigenvalue weighted by atomic mass is 32.2. The summed E-state index contributed by atoms with van der Waals surface area (Å²) in [6.45, 7) is 6.53. The van der Waals surface area contributed by atoms with Crippen molar-refractivity contribution < 1.29 is 9.53 Å². The second-order valence-corrected chi connectivity index (χ2v) is 8.12. The fraction of sp³-hybridized carbons (Fsp3) is 0.318. The van der Waals surface area contributed by atoms with E-state index in [-0.39, 0.29) is 11.9 Å². The smallest absolute Gasteiger partial charge is 0.240 e. The summed E-state index contributed by atoms with van der Waals surface area (Å²) in [6, 6.07) is 15.5. The minimum atomic E-state index is -0.413. The van der Waals surface area contributed by atoms with Gasteiger partial charge in [0.15, 0.2) is 0 Å². The summed E-state index contributed by atoms with van der Waals surface area (Å²) in [7, 11) is 0. The number of nitrogens with one attached hydrogen (secondary N) is 2. The number of ether oxygens (including phenoxy) is 1. The molecule has 2 atom stereocenters. The zero-order valence-corrected chi connectivity index (χ0v) is 18.1. The maximum absolute atomic E-state index is 13.4. The molecule has 30 heavy (non-hydrogen) atoms. The largest absolute Gasteiger partial charge is 0.494 e. The van der Waals surface area contributed by atoms with E-state index in [0.717, 1.165) is 34.8 Å². The second kappa shape index (κ2) is 8.79. The number of aromatic nitrogens is 3. The molecule has 0 unspecified atom stereocenters. The fourth-order valence-corrected chi connectivity index (χ4v) is 4.63. The molecule has 0 fully saturated rings. The maximum Gasteiger partial charge on any atom is 0.240 e. The Morgan fingerprint density at radius 3 is 2.67 bits per heavy atom. The molecule has 1 aliphatic heterocycles. The molecular weight excluding hydrogens is 398 g/mol. The van der Waals surface area contributed by atoms with E-state index < -0.39 is 5.25 Å². The normalized spacial score (nSPS) is 17.7. The molecule has 8 heteroatoms. The summed E-state index contributed by atoms with van der Waals surface area (Å²) < 4.78 is 7.40. The monoisotopic (exact) mass is 423 g/mol. The first-order valence-corrected chi connectivity index (χ1v) is 11.0. The van der Waals surface area contributed by atoms with Gasteiger partial charge in [0.05, 0.1) is 12.6 Å². The van der Waals surface area contributed by atoms with Crippen molar-refractivity contribution in [3.8, 4) is 5.75 Å². The highest BCUT2D eigenvalue weighted by Gasteiger charge is 2.37. The van der Waals surface area contributed by atoms with Crippen LogP contribution in [0.2, 0.25) is 0 Å². The number of aryl methyl sites for hydroxylation is 2. The van der Waals surface area contributed by atoms with E-state index in [1.54, 1.807) is 0 Å². The van der Waals surface area contributed by atoms with Crippen LogP contribution in [-0.4, -0.2) is 32.6 Å². The first kappa shape index (κ1) is 20.3. The van der Waals surface area contributed by atoms with Crippen LogP contribution in [0, 0.1) is 6.92 Å². The zero-order valence-electron chi connectivity index (χ0n) is 17.3. The van der Waals surface area contributed by atoms with E-state index in [1.165, 1.54) is 11.8 Å². The van der Waals surface area contributed by atoms with Crippen LogP contribution >= 0.6 is 11.8 Å². The van der Waals surface area contributed by atoms with Crippen LogP contribution in [-0.2, 0) is 11.2 Å². The summed E-state index contributed by atoms with van der Waals surface area (Å²) in [5.74, 6) is 1.49. The number of carbonyl (C=O) groups excluding carboxylic acids is 1. The topological polar surface area (TPSA) is 81.1 Å². The van der Waals surface area contributed by atoms with Gasteiger partial charge in [0, 0.05) is 5.69 Å². The number of carbonyl (C=O) groups is 1. The Morgan fingerprint density at radius 2 is 1.93 bits per heavy atom. The molecule has 2 aromatic carbocycles. The van der Waals surface area contributed by atoms with Gasteiger partial charge in [-0.25, -0.2) is 4.68 Å². The van der Waals surface area contributed by atoms with Crippen LogP contribution in [0.4, 0.5) is 5.69 Å². The van der Waals surface area contributed by atoms with E-state index in [4.69, 9.17) is 4.74 Å². The van der Waals surface area contributed by atoms with Crippen LogP contribution in [0.5, 0.6) is 5.75 Å². The van der Waals surface area contributed by atoms with Gasteiger partial charge in [-0.1, -0.05) is 49.0 Å². The number of hydrogen-bond donors (Lipinski definition) is 2. The van der Waals surface area contributed by atoms with Gasteiger partial charge in [-0.3, -0.25) is 4.79 Å². The average Bonchev–Trinajstić information content (AvgIpc) is 3.14. The predicted octanol–water partition coefficient (Wildman–Crippen LogP) is 3.95. The SMILES string of the molecule is CCOc1ccc([C@H]2Nn3c(C)nnc3S[C@H]2C(=O)Nc2ccccc2CC)cc1. The minimum Gasteiger partial charge on any atom is -0.494 e. The minimum absolute atomic E-state index is 0.0702. The summed E-state index contributed by atoms with van der Waals surface area (Å²) in [5.41, 5.74) is 6.38. The Balaban J connectivity index is 1.65. The number of thioether (sulfide) groups is 1. The van der Waals surface area contributed by atoms with Crippen LogP contribution in [0.1, 0.15) is 36.8 Å². The van der Waals surface area contributed by atoms with Crippen molar-refractivity contribution >= 4 is 23.4 Å². The number of anilines is 1. The molecule has 0 radical (unpaired) electrons. The van der Waals surface area contributed by atoms with Crippen LogP contribution in [0.25, 0.3) is 0 Å². The highest BCUT2D eigenvalue weighted by Crippen LogP contribution is 2.38. The lowest BCUT2D eigenvalue weighted by atomic mass is 10.0. The van der Waals surface area contributed by atoms with Gasteiger partial charge in [0.1, 0.15) is 16.8 Å². The summed E-state index contributed by atoms with van der Waals surface area (Å²) in [5, 5.41) is 11.7. The number of amides is 1. The maximum atomic E-state index is 13.4. The van der Waals surface area contributed by atoms with Crippen LogP contribution in [0.15, 0.2) is 53.7 Å². The molecule has 1 aliphatic rings. The van der Waals surface area contributed by atoms with Gasteiger partial charge >= 0.3 is 0 Å². The Labute approximate surface area is 180 Å². The van der Waals surface area contributed by atoms with Crippen molar-refractivity contribution in [2.45, 2.75) is 43.6 Å². The van der Waals surface area contributed by atoms with E-state index in [2.05, 4.69) is 27.9 Å². The Bertz CT molecular complexity index is 1030. The van der Waals surface area contributed by atoms with Crippen molar-refractivity contribution in [2.75, 3.05) is 17.3 Å². The highest BCUT2D eigenvalue weighted by molar-refractivity contribution is 8.00. The average molecular weight is 424 g/mol. The van der Waals surface area contributed by atoms with Gasteiger partial charge in [-0.15, -0.1) is 10.2 Å². The van der Waals surface area contributed by atoms with Crippen LogP contribution < -0.4 is 15.5 Å². The second-order valence-electron chi connectivity index (χ2n) is 7.01. The summed E-state index contributed by atoms with van der Waals surface area (Å²) >= 11 is 1.42. The molecule has 0 aliphatic carbocycles. The predicted molar refractivity (Wildman–Crippen MR) is 119 cm³/mol. The molecule has 1 amide bonds.